The first-order valence-electron chi connectivity index (χ1n) is 5.67. The quantitative estimate of drug-likeness (QED) is 0.862. The van der Waals surface area contributed by atoms with Gasteiger partial charge < -0.3 is 10.5 Å². The van der Waals surface area contributed by atoms with Crippen molar-refractivity contribution in [1.29, 1.82) is 0 Å². The third kappa shape index (κ3) is 2.82. The van der Waals surface area contributed by atoms with Crippen LogP contribution in [-0.2, 0) is 14.8 Å². The molecular formula is C10H17N3O3S2. The number of thiazole rings is 1. The molecule has 102 valence electrons. The van der Waals surface area contributed by atoms with Crippen LogP contribution < -0.4 is 10.5 Å². The van der Waals surface area contributed by atoms with Crippen molar-refractivity contribution in [3.63, 3.8) is 0 Å². The molecule has 1 aromatic heterocycles. The van der Waals surface area contributed by atoms with Gasteiger partial charge >= 0.3 is 0 Å². The van der Waals surface area contributed by atoms with Gasteiger partial charge in [-0.25, -0.2) is 18.1 Å². The van der Waals surface area contributed by atoms with Crippen LogP contribution in [0.2, 0.25) is 0 Å². The highest BCUT2D eigenvalue weighted by Crippen LogP contribution is 2.27. The summed E-state index contributed by atoms with van der Waals surface area (Å²) >= 11 is 0.984. The van der Waals surface area contributed by atoms with E-state index in [0.29, 0.717) is 18.9 Å². The lowest BCUT2D eigenvalue weighted by atomic mass is 9.97. The number of rotatable bonds is 3. The van der Waals surface area contributed by atoms with E-state index in [1.807, 2.05) is 6.92 Å². The smallest absolute Gasteiger partial charge is 0.252 e. The number of ether oxygens (including phenoxy) is 1. The standard InChI is InChI=1S/C10H17N3O3S2/c1-7-8(17-9(11)12-7)18(14,15)13-10(2)4-3-5-16-6-10/h13H,3-6H2,1-2H3,(H2,11,12). The van der Waals surface area contributed by atoms with Crippen molar-refractivity contribution in [3.05, 3.63) is 5.69 Å². The van der Waals surface area contributed by atoms with Gasteiger partial charge in [0.2, 0.25) is 0 Å². The van der Waals surface area contributed by atoms with Gasteiger partial charge in [0.15, 0.2) is 9.34 Å². The number of aryl methyl sites for hydroxylation is 1. The van der Waals surface area contributed by atoms with Crippen molar-refractivity contribution in [2.24, 2.45) is 0 Å². The highest BCUT2D eigenvalue weighted by atomic mass is 32.2. The van der Waals surface area contributed by atoms with Crippen LogP contribution in [0.5, 0.6) is 0 Å². The van der Waals surface area contributed by atoms with Crippen LogP contribution in [0.15, 0.2) is 4.21 Å². The molecular weight excluding hydrogens is 274 g/mol. The van der Waals surface area contributed by atoms with Gasteiger partial charge in [0, 0.05) is 6.61 Å². The zero-order valence-corrected chi connectivity index (χ0v) is 12.0. The monoisotopic (exact) mass is 291 g/mol. The molecule has 1 saturated heterocycles. The molecule has 0 bridgehead atoms. The molecule has 0 amide bonds. The molecule has 1 aromatic rings. The fourth-order valence-corrected chi connectivity index (χ4v) is 4.76. The van der Waals surface area contributed by atoms with E-state index in [1.54, 1.807) is 6.92 Å². The number of nitrogens with zero attached hydrogens (tertiary/aromatic N) is 1. The van der Waals surface area contributed by atoms with Gasteiger partial charge in [-0.05, 0) is 26.7 Å². The minimum Gasteiger partial charge on any atom is -0.380 e. The molecule has 0 saturated carbocycles. The van der Waals surface area contributed by atoms with Crippen molar-refractivity contribution in [1.82, 2.24) is 9.71 Å². The summed E-state index contributed by atoms with van der Waals surface area (Å²) < 4.78 is 32.8. The number of hydrogen-bond acceptors (Lipinski definition) is 6. The highest BCUT2D eigenvalue weighted by molar-refractivity contribution is 7.91. The molecule has 0 radical (unpaired) electrons. The van der Waals surface area contributed by atoms with Crippen LogP contribution in [0.4, 0.5) is 5.13 Å². The van der Waals surface area contributed by atoms with Gasteiger partial charge in [0.1, 0.15) is 0 Å². The number of sulfonamides is 1. The molecule has 2 heterocycles. The number of anilines is 1. The summed E-state index contributed by atoms with van der Waals surface area (Å²) in [6, 6.07) is 0. The van der Waals surface area contributed by atoms with E-state index in [1.165, 1.54) is 0 Å². The summed E-state index contributed by atoms with van der Waals surface area (Å²) in [4.78, 5) is 3.94. The molecule has 18 heavy (non-hydrogen) atoms. The molecule has 6 nitrogen and oxygen atoms in total. The van der Waals surface area contributed by atoms with Crippen LogP contribution >= 0.6 is 11.3 Å². The van der Waals surface area contributed by atoms with Crippen LogP contribution in [0.3, 0.4) is 0 Å². The predicted molar refractivity (Wildman–Crippen MR) is 70.0 cm³/mol. The summed E-state index contributed by atoms with van der Waals surface area (Å²) in [5, 5.41) is 0.262. The lowest BCUT2D eigenvalue weighted by Gasteiger charge is -2.33. The number of nitrogen functional groups attached to an aromatic ring is 1. The van der Waals surface area contributed by atoms with Crippen molar-refractivity contribution in [2.45, 2.75) is 36.4 Å². The Morgan fingerprint density at radius 2 is 2.28 bits per heavy atom. The van der Waals surface area contributed by atoms with E-state index >= 15 is 0 Å². The van der Waals surface area contributed by atoms with Crippen molar-refractivity contribution < 1.29 is 13.2 Å². The molecule has 1 aliphatic rings. The van der Waals surface area contributed by atoms with Crippen molar-refractivity contribution in [2.75, 3.05) is 18.9 Å². The lowest BCUT2D eigenvalue weighted by Crippen LogP contribution is -2.51. The zero-order valence-electron chi connectivity index (χ0n) is 10.4. The highest BCUT2D eigenvalue weighted by Gasteiger charge is 2.34. The average molecular weight is 291 g/mol. The van der Waals surface area contributed by atoms with Gasteiger partial charge in [0.05, 0.1) is 17.8 Å². The Labute approximate surface area is 111 Å². The molecule has 8 heteroatoms. The maximum absolute atomic E-state index is 12.3. The van der Waals surface area contributed by atoms with E-state index in [4.69, 9.17) is 10.5 Å². The second kappa shape index (κ2) is 4.76. The fourth-order valence-electron chi connectivity index (χ4n) is 2.04. The lowest BCUT2D eigenvalue weighted by molar-refractivity contribution is 0.0387. The van der Waals surface area contributed by atoms with Gasteiger partial charge in [-0.1, -0.05) is 11.3 Å². The largest absolute Gasteiger partial charge is 0.380 e. The van der Waals surface area contributed by atoms with E-state index in [2.05, 4.69) is 9.71 Å². The molecule has 0 aliphatic carbocycles. The Hall–Kier alpha value is -0.700. The normalized spacial score (nSPS) is 25.2. The number of aromatic nitrogens is 1. The topological polar surface area (TPSA) is 94.3 Å². The summed E-state index contributed by atoms with van der Waals surface area (Å²) in [7, 11) is -3.58. The minimum absolute atomic E-state index is 0.187. The molecule has 2 rings (SSSR count). The molecule has 1 fully saturated rings. The first kappa shape index (κ1) is 13.7. The molecule has 0 aromatic carbocycles. The number of hydrogen-bond donors (Lipinski definition) is 2. The van der Waals surface area contributed by atoms with Gasteiger partial charge in [0.25, 0.3) is 10.0 Å². The molecule has 1 unspecified atom stereocenters. The zero-order chi connectivity index (χ0) is 13.4. The van der Waals surface area contributed by atoms with Crippen LogP contribution in [0.25, 0.3) is 0 Å². The third-order valence-electron chi connectivity index (χ3n) is 2.83. The van der Waals surface area contributed by atoms with Gasteiger partial charge in [-0.3, -0.25) is 0 Å². The Balaban J connectivity index is 2.24. The number of nitrogens with one attached hydrogen (secondary N) is 1. The van der Waals surface area contributed by atoms with Crippen LogP contribution in [0.1, 0.15) is 25.5 Å². The Morgan fingerprint density at radius 1 is 1.56 bits per heavy atom. The summed E-state index contributed by atoms with van der Waals surface area (Å²) in [6.45, 7) is 4.56. The second-order valence-corrected chi connectivity index (χ2v) is 7.66. The first-order valence-corrected chi connectivity index (χ1v) is 7.97. The third-order valence-corrected chi connectivity index (χ3v) is 6.07. The van der Waals surface area contributed by atoms with Gasteiger partial charge in [-0.15, -0.1) is 0 Å². The maximum Gasteiger partial charge on any atom is 0.252 e. The van der Waals surface area contributed by atoms with Gasteiger partial charge in [-0.2, -0.15) is 0 Å². The van der Waals surface area contributed by atoms with Crippen molar-refractivity contribution in [3.8, 4) is 0 Å². The second-order valence-electron chi connectivity index (χ2n) is 4.75. The van der Waals surface area contributed by atoms with E-state index < -0.39 is 15.6 Å². The molecule has 1 atom stereocenters. The summed E-state index contributed by atoms with van der Waals surface area (Å²) in [5.41, 5.74) is 5.41. The minimum atomic E-state index is -3.58. The fraction of sp³-hybridized carbons (Fsp3) is 0.700. The predicted octanol–water partition coefficient (Wildman–Crippen LogP) is 0.881. The van der Waals surface area contributed by atoms with E-state index in [9.17, 15) is 8.42 Å². The van der Waals surface area contributed by atoms with E-state index in [-0.39, 0.29) is 9.34 Å². The number of nitrogens with two attached hydrogens (primary N) is 1. The van der Waals surface area contributed by atoms with E-state index in [0.717, 1.165) is 24.2 Å². The molecule has 3 N–H and O–H groups in total. The Morgan fingerprint density at radius 3 is 2.78 bits per heavy atom. The van der Waals surface area contributed by atoms with Crippen molar-refractivity contribution >= 4 is 26.5 Å². The summed E-state index contributed by atoms with van der Waals surface area (Å²) in [5.74, 6) is 0. The Kier molecular flexibility index (Phi) is 3.63. The molecule has 1 aliphatic heterocycles. The average Bonchev–Trinajstić information content (AvgIpc) is 2.58. The SMILES string of the molecule is Cc1nc(N)sc1S(=O)(=O)NC1(C)CCCOC1. The summed E-state index contributed by atoms with van der Waals surface area (Å²) in [6.07, 6.45) is 1.61. The first-order chi connectivity index (χ1) is 8.32. The van der Waals surface area contributed by atoms with Crippen LogP contribution in [-0.4, -0.2) is 32.2 Å². The Bertz CT molecular complexity index is 533. The van der Waals surface area contributed by atoms with Crippen LogP contribution in [0, 0.1) is 6.92 Å². The molecule has 0 spiro atoms. The maximum atomic E-state index is 12.3.